The Morgan fingerprint density at radius 1 is 1.25 bits per heavy atom. The molecule has 6 heteroatoms. The number of ether oxygens (including phenoxy) is 2. The zero-order valence-corrected chi connectivity index (χ0v) is 16.1. The third-order valence-electron chi connectivity index (χ3n) is 3.90. The Bertz CT molecular complexity index is 507. The molecule has 24 heavy (non-hydrogen) atoms. The van der Waals surface area contributed by atoms with E-state index in [9.17, 15) is 0 Å². The van der Waals surface area contributed by atoms with Crippen molar-refractivity contribution < 1.29 is 9.47 Å². The van der Waals surface area contributed by atoms with Crippen LogP contribution in [-0.4, -0.2) is 52.0 Å². The molecule has 0 radical (unpaired) electrons. The molecule has 1 saturated carbocycles. The van der Waals surface area contributed by atoms with Crippen LogP contribution in [0.15, 0.2) is 33.7 Å². The van der Waals surface area contributed by atoms with E-state index in [0.29, 0.717) is 25.2 Å². The molecule has 2 N–H and O–H groups in total. The van der Waals surface area contributed by atoms with Gasteiger partial charge in [-0.15, -0.1) is 0 Å². The van der Waals surface area contributed by atoms with Gasteiger partial charge < -0.3 is 20.1 Å². The Kier molecular flexibility index (Phi) is 8.56. The Balaban J connectivity index is 1.71. The predicted octanol–water partition coefficient (Wildman–Crippen LogP) is 2.91. The van der Waals surface area contributed by atoms with Gasteiger partial charge >= 0.3 is 0 Å². The smallest absolute Gasteiger partial charge is 0.191 e. The van der Waals surface area contributed by atoms with Crippen molar-refractivity contribution in [2.75, 3.05) is 40.0 Å². The highest BCUT2D eigenvalue weighted by atomic mass is 79.9. The second kappa shape index (κ2) is 10.7. The van der Waals surface area contributed by atoms with E-state index in [1.54, 1.807) is 7.11 Å². The van der Waals surface area contributed by atoms with Crippen LogP contribution in [0.4, 0.5) is 0 Å². The summed E-state index contributed by atoms with van der Waals surface area (Å²) in [5.74, 6) is 1.48. The van der Waals surface area contributed by atoms with Gasteiger partial charge in [0.2, 0.25) is 0 Å². The van der Waals surface area contributed by atoms with Gasteiger partial charge in [-0.05, 0) is 37.5 Å². The average Bonchev–Trinajstić information content (AvgIpc) is 3.34. The summed E-state index contributed by atoms with van der Waals surface area (Å²) in [5, 5.41) is 6.85. The SMILES string of the molecule is CCNC(=NCCCOCCOC)NC1CC1c1ccc(Br)cc1. The van der Waals surface area contributed by atoms with E-state index < -0.39 is 0 Å². The van der Waals surface area contributed by atoms with Crippen LogP contribution < -0.4 is 10.6 Å². The Labute approximate surface area is 153 Å². The maximum absolute atomic E-state index is 5.45. The van der Waals surface area contributed by atoms with Crippen LogP contribution in [0.3, 0.4) is 0 Å². The van der Waals surface area contributed by atoms with E-state index in [-0.39, 0.29) is 0 Å². The van der Waals surface area contributed by atoms with E-state index in [1.807, 2.05) is 0 Å². The fourth-order valence-electron chi connectivity index (χ4n) is 2.53. The lowest BCUT2D eigenvalue weighted by Gasteiger charge is -2.11. The van der Waals surface area contributed by atoms with Crippen LogP contribution in [0.5, 0.6) is 0 Å². The minimum atomic E-state index is 0.474. The van der Waals surface area contributed by atoms with E-state index in [1.165, 1.54) is 5.56 Å². The molecule has 2 atom stereocenters. The number of rotatable bonds is 10. The van der Waals surface area contributed by atoms with E-state index in [0.717, 1.165) is 43.0 Å². The first kappa shape index (κ1) is 19.2. The largest absolute Gasteiger partial charge is 0.382 e. The molecular weight excluding hydrogens is 370 g/mol. The molecule has 0 spiro atoms. The monoisotopic (exact) mass is 397 g/mol. The fraction of sp³-hybridized carbons (Fsp3) is 0.611. The molecular formula is C18H28BrN3O2. The second-order valence-electron chi connectivity index (χ2n) is 5.86. The highest BCUT2D eigenvalue weighted by Gasteiger charge is 2.38. The summed E-state index contributed by atoms with van der Waals surface area (Å²) in [6, 6.07) is 9.07. The van der Waals surface area contributed by atoms with Crippen molar-refractivity contribution in [3.05, 3.63) is 34.3 Å². The number of aliphatic imine (C=N–C) groups is 1. The van der Waals surface area contributed by atoms with Gasteiger partial charge in [-0.2, -0.15) is 0 Å². The molecule has 134 valence electrons. The summed E-state index contributed by atoms with van der Waals surface area (Å²) >= 11 is 3.48. The van der Waals surface area contributed by atoms with Gasteiger partial charge in [0.25, 0.3) is 0 Å². The number of nitrogens with zero attached hydrogens (tertiary/aromatic N) is 1. The highest BCUT2D eigenvalue weighted by Crippen LogP contribution is 2.40. The standard InChI is InChI=1S/C18H28BrN3O2/c1-3-20-18(21-9-4-10-24-12-11-23-2)22-17-13-16(17)14-5-7-15(19)8-6-14/h5-8,16-17H,3-4,9-13H2,1-2H3,(H2,20,21,22). The van der Waals surface area contributed by atoms with Crippen molar-refractivity contribution in [1.82, 2.24) is 10.6 Å². The predicted molar refractivity (Wildman–Crippen MR) is 102 cm³/mol. The third-order valence-corrected chi connectivity index (χ3v) is 4.43. The number of methoxy groups -OCH3 is 1. The van der Waals surface area contributed by atoms with E-state index in [2.05, 4.69) is 62.7 Å². The van der Waals surface area contributed by atoms with Crippen molar-refractivity contribution in [1.29, 1.82) is 0 Å². The Morgan fingerprint density at radius 3 is 2.75 bits per heavy atom. The maximum atomic E-state index is 5.45. The number of hydrogen-bond donors (Lipinski definition) is 2. The molecule has 0 amide bonds. The van der Waals surface area contributed by atoms with Crippen LogP contribution >= 0.6 is 15.9 Å². The average molecular weight is 398 g/mol. The first-order valence-electron chi connectivity index (χ1n) is 8.61. The molecule has 1 aliphatic carbocycles. The maximum Gasteiger partial charge on any atom is 0.191 e. The molecule has 1 aromatic rings. The first-order chi connectivity index (χ1) is 11.7. The van der Waals surface area contributed by atoms with Crippen molar-refractivity contribution in [2.24, 2.45) is 4.99 Å². The van der Waals surface area contributed by atoms with Gasteiger partial charge in [0.15, 0.2) is 5.96 Å². The van der Waals surface area contributed by atoms with Crippen molar-refractivity contribution >= 4 is 21.9 Å². The van der Waals surface area contributed by atoms with Crippen molar-refractivity contribution in [3.8, 4) is 0 Å². The Hall–Kier alpha value is -1.11. The number of guanidine groups is 1. The summed E-state index contributed by atoms with van der Waals surface area (Å²) < 4.78 is 11.5. The van der Waals surface area contributed by atoms with E-state index >= 15 is 0 Å². The quantitative estimate of drug-likeness (QED) is 0.362. The minimum absolute atomic E-state index is 0.474. The van der Waals surface area contributed by atoms with Crippen LogP contribution in [-0.2, 0) is 9.47 Å². The summed E-state index contributed by atoms with van der Waals surface area (Å²) in [5.41, 5.74) is 1.39. The molecule has 0 aliphatic heterocycles. The van der Waals surface area contributed by atoms with Gasteiger partial charge in [-0.3, -0.25) is 4.99 Å². The molecule has 0 bridgehead atoms. The molecule has 0 heterocycles. The molecule has 2 unspecified atom stereocenters. The number of nitrogens with one attached hydrogen (secondary N) is 2. The normalized spacial score (nSPS) is 20.0. The molecule has 1 fully saturated rings. The van der Waals surface area contributed by atoms with Crippen LogP contribution in [0.1, 0.15) is 31.2 Å². The lowest BCUT2D eigenvalue weighted by atomic mass is 10.1. The number of benzene rings is 1. The minimum Gasteiger partial charge on any atom is -0.382 e. The number of halogens is 1. The topological polar surface area (TPSA) is 54.9 Å². The van der Waals surface area contributed by atoms with Gasteiger partial charge in [0.05, 0.1) is 13.2 Å². The first-order valence-corrected chi connectivity index (χ1v) is 9.41. The van der Waals surface area contributed by atoms with Gasteiger partial charge in [0, 0.05) is 43.2 Å². The summed E-state index contributed by atoms with van der Waals surface area (Å²) in [6.07, 6.45) is 2.08. The van der Waals surface area contributed by atoms with Gasteiger partial charge in [-0.25, -0.2) is 0 Å². The summed E-state index contributed by atoms with van der Waals surface area (Å²) in [4.78, 5) is 4.63. The van der Waals surface area contributed by atoms with Crippen LogP contribution in [0, 0.1) is 0 Å². The number of hydrogen-bond acceptors (Lipinski definition) is 3. The molecule has 1 aromatic carbocycles. The molecule has 0 saturated heterocycles. The molecule has 2 rings (SSSR count). The van der Waals surface area contributed by atoms with Crippen LogP contribution in [0.2, 0.25) is 0 Å². The zero-order valence-electron chi connectivity index (χ0n) is 14.6. The van der Waals surface area contributed by atoms with Gasteiger partial charge in [-0.1, -0.05) is 28.1 Å². The zero-order chi connectivity index (χ0) is 17.2. The molecule has 0 aromatic heterocycles. The summed E-state index contributed by atoms with van der Waals surface area (Å²) in [7, 11) is 1.68. The third kappa shape index (κ3) is 6.79. The fourth-order valence-corrected chi connectivity index (χ4v) is 2.79. The molecule has 1 aliphatic rings. The lowest BCUT2D eigenvalue weighted by Crippen LogP contribution is -2.39. The second-order valence-corrected chi connectivity index (χ2v) is 6.78. The highest BCUT2D eigenvalue weighted by molar-refractivity contribution is 9.10. The van der Waals surface area contributed by atoms with Gasteiger partial charge in [0.1, 0.15) is 0 Å². The summed E-state index contributed by atoms with van der Waals surface area (Å²) in [6.45, 7) is 5.73. The Morgan fingerprint density at radius 2 is 2.04 bits per heavy atom. The van der Waals surface area contributed by atoms with Crippen molar-refractivity contribution in [2.45, 2.75) is 31.7 Å². The van der Waals surface area contributed by atoms with Crippen molar-refractivity contribution in [3.63, 3.8) is 0 Å². The lowest BCUT2D eigenvalue weighted by molar-refractivity contribution is 0.0702. The molecule has 5 nitrogen and oxygen atoms in total. The van der Waals surface area contributed by atoms with E-state index in [4.69, 9.17) is 9.47 Å². The van der Waals surface area contributed by atoms with Crippen LogP contribution in [0.25, 0.3) is 0 Å².